The number of ether oxygens (including phenoxy) is 2. The van der Waals surface area contributed by atoms with Gasteiger partial charge in [-0.05, 0) is 62.1 Å². The van der Waals surface area contributed by atoms with Crippen LogP contribution in [0.5, 0.6) is 11.7 Å². The predicted molar refractivity (Wildman–Crippen MR) is 132 cm³/mol. The van der Waals surface area contributed by atoms with Crippen molar-refractivity contribution in [3.8, 4) is 11.7 Å². The smallest absolute Gasteiger partial charge is 0.416 e. The third-order valence-corrected chi connectivity index (χ3v) is 7.13. The average Bonchev–Trinajstić information content (AvgIpc) is 3.68. The lowest BCUT2D eigenvalue weighted by Gasteiger charge is -2.33. The van der Waals surface area contributed by atoms with Crippen LogP contribution in [0.2, 0.25) is 0 Å². The monoisotopic (exact) mass is 525 g/mol. The summed E-state index contributed by atoms with van der Waals surface area (Å²) in [5.41, 5.74) is 0.246. The normalized spacial score (nSPS) is 18.8. The highest BCUT2D eigenvalue weighted by atomic mass is 19.4. The number of fused-ring (bicyclic) bond motifs is 1. The zero-order valence-electron chi connectivity index (χ0n) is 20.5. The van der Waals surface area contributed by atoms with E-state index in [-0.39, 0.29) is 29.8 Å². The number of carbonyl (C=O) groups excluding carboxylic acids is 1. The molecule has 6 rings (SSSR count). The molecule has 2 saturated heterocycles. The van der Waals surface area contributed by atoms with Gasteiger partial charge in [0.05, 0.1) is 16.6 Å². The van der Waals surface area contributed by atoms with Crippen molar-refractivity contribution in [3.05, 3.63) is 77.8 Å². The quantitative estimate of drug-likeness (QED) is 0.288. The van der Waals surface area contributed by atoms with E-state index in [9.17, 15) is 18.0 Å². The first kappa shape index (κ1) is 24.5. The standard InChI is InChI=1S/C28H26F3N3O4/c29-28(30,31)18-8-9-22-21(17-18)32-26(23-7-4-16-36-23)34(22)19-12-14-33(15-13-19)27(35)24-10-11-25(38-24)37-20-5-2-1-3-6-20/h1-3,5-6,8-11,17,19,23H,4,7,12-16H2. The summed E-state index contributed by atoms with van der Waals surface area (Å²) in [6.45, 7) is 1.56. The second kappa shape index (κ2) is 9.83. The average molecular weight is 526 g/mol. The number of hydrogen-bond acceptors (Lipinski definition) is 5. The van der Waals surface area contributed by atoms with Crippen LogP contribution in [0, 0.1) is 0 Å². The first-order valence-electron chi connectivity index (χ1n) is 12.7. The van der Waals surface area contributed by atoms with Crippen molar-refractivity contribution < 1.29 is 31.9 Å². The van der Waals surface area contributed by atoms with Crippen molar-refractivity contribution in [1.82, 2.24) is 14.5 Å². The second-order valence-corrected chi connectivity index (χ2v) is 9.60. The maximum absolute atomic E-state index is 13.3. The van der Waals surface area contributed by atoms with E-state index in [1.807, 2.05) is 22.8 Å². The lowest BCUT2D eigenvalue weighted by atomic mass is 10.0. The van der Waals surface area contributed by atoms with Crippen LogP contribution in [0.4, 0.5) is 13.2 Å². The summed E-state index contributed by atoms with van der Waals surface area (Å²) in [5.74, 6) is 1.48. The number of halogens is 3. The number of benzene rings is 2. The number of hydrogen-bond donors (Lipinski definition) is 0. The molecule has 4 aromatic rings. The topological polar surface area (TPSA) is 69.7 Å². The Morgan fingerprint density at radius 1 is 1.00 bits per heavy atom. The van der Waals surface area contributed by atoms with Crippen LogP contribution in [-0.2, 0) is 10.9 Å². The van der Waals surface area contributed by atoms with Crippen LogP contribution in [0.25, 0.3) is 11.0 Å². The minimum atomic E-state index is -4.44. The molecule has 2 aromatic carbocycles. The number of alkyl halides is 3. The Morgan fingerprint density at radius 2 is 1.79 bits per heavy atom. The van der Waals surface area contributed by atoms with Crippen molar-refractivity contribution in [2.24, 2.45) is 0 Å². The molecule has 0 saturated carbocycles. The first-order chi connectivity index (χ1) is 18.4. The van der Waals surface area contributed by atoms with Gasteiger partial charge in [-0.25, -0.2) is 4.98 Å². The van der Waals surface area contributed by atoms with E-state index in [1.54, 1.807) is 29.2 Å². The van der Waals surface area contributed by atoms with E-state index >= 15 is 0 Å². The molecule has 198 valence electrons. The van der Waals surface area contributed by atoms with Crippen LogP contribution < -0.4 is 4.74 Å². The summed E-state index contributed by atoms with van der Waals surface area (Å²) in [7, 11) is 0. The molecule has 2 fully saturated rings. The van der Waals surface area contributed by atoms with Crippen LogP contribution >= 0.6 is 0 Å². The highest BCUT2D eigenvalue weighted by molar-refractivity contribution is 5.91. The lowest BCUT2D eigenvalue weighted by molar-refractivity contribution is -0.137. The number of imidazole rings is 1. The third-order valence-electron chi connectivity index (χ3n) is 7.13. The predicted octanol–water partition coefficient (Wildman–Crippen LogP) is 6.77. The van der Waals surface area contributed by atoms with E-state index < -0.39 is 11.7 Å². The molecule has 38 heavy (non-hydrogen) atoms. The molecule has 7 nitrogen and oxygen atoms in total. The summed E-state index contributed by atoms with van der Waals surface area (Å²) in [4.78, 5) is 19.5. The third kappa shape index (κ3) is 4.76. The number of rotatable bonds is 5. The molecule has 10 heteroatoms. The van der Waals surface area contributed by atoms with Gasteiger partial charge in [-0.1, -0.05) is 18.2 Å². The van der Waals surface area contributed by atoms with E-state index in [2.05, 4.69) is 4.98 Å². The van der Waals surface area contributed by atoms with Gasteiger partial charge in [0.2, 0.25) is 0 Å². The van der Waals surface area contributed by atoms with Gasteiger partial charge < -0.3 is 23.4 Å². The zero-order chi connectivity index (χ0) is 26.3. The van der Waals surface area contributed by atoms with Gasteiger partial charge in [0.25, 0.3) is 11.9 Å². The largest absolute Gasteiger partial charge is 0.426 e. The number of nitrogens with zero attached hydrogens (tertiary/aromatic N) is 3. The molecular formula is C28H26F3N3O4. The summed E-state index contributed by atoms with van der Waals surface area (Å²) in [6, 6.07) is 16.1. The Balaban J connectivity index is 1.20. The van der Waals surface area contributed by atoms with Crippen molar-refractivity contribution in [2.75, 3.05) is 19.7 Å². The van der Waals surface area contributed by atoms with Gasteiger partial charge >= 0.3 is 6.18 Å². The first-order valence-corrected chi connectivity index (χ1v) is 12.7. The van der Waals surface area contributed by atoms with Crippen LogP contribution in [0.1, 0.15) is 59.8 Å². The Morgan fingerprint density at radius 3 is 2.50 bits per heavy atom. The molecule has 0 spiro atoms. The minimum Gasteiger partial charge on any atom is -0.426 e. The van der Waals surface area contributed by atoms with Gasteiger partial charge in [0.1, 0.15) is 17.7 Å². The van der Waals surface area contributed by atoms with Gasteiger partial charge in [0.15, 0.2) is 5.76 Å². The molecule has 0 aliphatic carbocycles. The number of piperidine rings is 1. The molecule has 2 aromatic heterocycles. The number of furan rings is 1. The SMILES string of the molecule is O=C(c1ccc(Oc2ccccc2)o1)N1CCC(n2c(C3CCCO3)nc3cc(C(F)(F)F)ccc32)CC1. The van der Waals surface area contributed by atoms with Gasteiger partial charge in [-0.15, -0.1) is 0 Å². The molecule has 2 aliphatic heterocycles. The Labute approximate surface area is 216 Å². The molecule has 1 unspecified atom stereocenters. The molecule has 0 bridgehead atoms. The number of likely N-dealkylation sites (tertiary alicyclic amines) is 1. The van der Waals surface area contributed by atoms with Crippen LogP contribution in [0.15, 0.2) is 65.1 Å². The molecule has 2 aliphatic rings. The van der Waals surface area contributed by atoms with Gasteiger partial charge in [-0.3, -0.25) is 4.79 Å². The Hall–Kier alpha value is -3.79. The van der Waals surface area contributed by atoms with Gasteiger partial charge in [-0.2, -0.15) is 13.2 Å². The molecule has 4 heterocycles. The van der Waals surface area contributed by atoms with Crippen LogP contribution in [-0.4, -0.2) is 40.1 Å². The molecule has 1 amide bonds. The van der Waals surface area contributed by atoms with Crippen LogP contribution in [0.3, 0.4) is 0 Å². The number of para-hydroxylation sites is 1. The highest BCUT2D eigenvalue weighted by Gasteiger charge is 2.34. The Kier molecular flexibility index (Phi) is 6.35. The summed E-state index contributed by atoms with van der Waals surface area (Å²) < 4.78 is 59.2. The van der Waals surface area contributed by atoms with Crippen molar-refractivity contribution in [3.63, 3.8) is 0 Å². The van der Waals surface area contributed by atoms with E-state index in [4.69, 9.17) is 13.9 Å². The molecular weight excluding hydrogens is 499 g/mol. The summed E-state index contributed by atoms with van der Waals surface area (Å²) >= 11 is 0. The summed E-state index contributed by atoms with van der Waals surface area (Å²) in [6.07, 6.45) is -1.77. The molecule has 0 N–H and O–H groups in total. The van der Waals surface area contributed by atoms with Crippen molar-refractivity contribution >= 4 is 16.9 Å². The van der Waals surface area contributed by atoms with E-state index in [1.165, 1.54) is 6.07 Å². The zero-order valence-corrected chi connectivity index (χ0v) is 20.5. The number of carbonyl (C=O) groups is 1. The fourth-order valence-electron chi connectivity index (χ4n) is 5.26. The fourth-order valence-corrected chi connectivity index (χ4v) is 5.26. The van der Waals surface area contributed by atoms with E-state index in [0.717, 1.165) is 25.0 Å². The highest BCUT2D eigenvalue weighted by Crippen LogP contribution is 2.38. The molecule has 1 atom stereocenters. The maximum Gasteiger partial charge on any atom is 0.416 e. The second-order valence-electron chi connectivity index (χ2n) is 9.60. The number of aromatic nitrogens is 2. The maximum atomic E-state index is 13.3. The lowest BCUT2D eigenvalue weighted by Crippen LogP contribution is -2.39. The fraction of sp³-hybridized carbons (Fsp3) is 0.357. The van der Waals surface area contributed by atoms with E-state index in [0.29, 0.717) is 55.1 Å². The summed E-state index contributed by atoms with van der Waals surface area (Å²) in [5, 5.41) is 0. The minimum absolute atomic E-state index is 0.0198. The van der Waals surface area contributed by atoms with Gasteiger partial charge in [0, 0.05) is 31.8 Å². The van der Waals surface area contributed by atoms with Crippen molar-refractivity contribution in [1.29, 1.82) is 0 Å². The molecule has 0 radical (unpaired) electrons. The Bertz CT molecular complexity index is 1430. The number of amides is 1. The van der Waals surface area contributed by atoms with Crippen molar-refractivity contribution in [2.45, 2.75) is 44.0 Å².